The standard InChI is InChI=1S/3C21H19N2O.3C13H12N.3Ir/c1-12(2)18-10-19(22-11-13(18)3)17-7-5-6-15-16-9-8-14(4)23-21(16)24-20(15)17;2*1-12(2)18-11-22-19(10-13(18)3)17-7-5-6-15-16-9-8-14(4)23-21(16)24-20(15)17;2*1-10-8-11(2)13(14-9-10)12-6-4-3-5-7-12;1-10-8-9-14-13(11(10)2)12-6-4-3-5-7-12;;;/h3*5-6,8-12H,1-4H3;3*3-6,8-9H,1-2H3;;;/q6*-1;;;/i1D3,2D3,12D;2*1D3,3D3,12D;2*1D3;;;;. The molecule has 0 amide bonds. The molecule has 2 atom stereocenters. The van der Waals surface area contributed by atoms with Gasteiger partial charge in [-0.15, -0.1) is 162 Å². The molecule has 0 bridgehead atoms. The molecule has 0 aliphatic heterocycles. The Morgan fingerprint density at radius 2 is 0.718 bits per heavy atom. The zero-order valence-electron chi connectivity index (χ0n) is 92.0. The van der Waals surface area contributed by atoms with Crippen LogP contribution in [0.2, 0.25) is 0 Å². The van der Waals surface area contributed by atoms with Gasteiger partial charge in [0.2, 0.25) is 17.1 Å². The van der Waals surface area contributed by atoms with Crippen molar-refractivity contribution in [3.05, 3.63) is 339 Å². The van der Waals surface area contributed by atoms with Crippen molar-refractivity contribution >= 4 is 66.2 Å². The number of hydrogen-bond acceptors (Lipinski definition) is 12. The van der Waals surface area contributed by atoms with E-state index < -0.39 is 72.5 Å². The number of benzene rings is 6. The Balaban J connectivity index is 0.000000181. The summed E-state index contributed by atoms with van der Waals surface area (Å²) in [5.41, 5.74) is 16.7. The molecule has 0 aliphatic carbocycles. The molecule has 18 rings (SSSR count). The zero-order chi connectivity index (χ0) is 103. The van der Waals surface area contributed by atoms with Crippen LogP contribution >= 0.6 is 0 Å². The number of nitrogens with zero attached hydrogens (tertiary/aromatic N) is 9. The van der Waals surface area contributed by atoms with Gasteiger partial charge >= 0.3 is 0 Å². The molecule has 0 saturated carbocycles. The molecule has 0 aliphatic rings. The van der Waals surface area contributed by atoms with E-state index in [0.29, 0.717) is 56.1 Å². The number of fused-ring (bicyclic) bond motifs is 9. The SMILES string of the molecule is Cc1ccnc(-c2[c-]cccc2)c1C.[2H]C([2H])([2H])C([2H])(c1cc(-c2[c-]ccc3c2oc2nc(C)ccc23)ncc1C)C([2H])([2H])[2H].[2H]C([2H])([2H])c1cc(-c2[c-]ccc3c2oc2nc(C)ccc23)ncc1C([2H])(C)C([2H])([2H])[2H].[2H]C([2H])([2H])c1cc(-c2[c-]ccc3c2oc2nc(C)ccc23)ncc1C([2H])(C)C([2H])([2H])[2H].[2H]C([2H])([2H])c1cnc(-c2[c-]cccc2)c(C)c1.[2H]C([2H])([2H])c1cnc(-c2[c-]cccc2)c(C)c1.[Ir].[Ir].[Ir]. The Labute approximate surface area is 766 Å². The maximum absolute atomic E-state index is 8.54. The molecule has 12 aromatic heterocycles. The summed E-state index contributed by atoms with van der Waals surface area (Å²) in [6, 6.07) is 72.6. The number of rotatable bonds is 9. The van der Waals surface area contributed by atoms with Gasteiger partial charge < -0.3 is 43.2 Å². The first-order valence-corrected chi connectivity index (χ1v) is 36.1. The molecule has 2 unspecified atom stereocenters. The van der Waals surface area contributed by atoms with Crippen LogP contribution in [0.3, 0.4) is 0 Å². The van der Waals surface area contributed by atoms with Gasteiger partial charge in [-0.3, -0.25) is 0 Å². The topological polar surface area (TPSA) is 155 Å². The summed E-state index contributed by atoms with van der Waals surface area (Å²) in [7, 11) is 0. The summed E-state index contributed by atoms with van der Waals surface area (Å²) in [6.45, 7) is -3.75. The Bertz CT molecular complexity index is 7320. The van der Waals surface area contributed by atoms with Crippen LogP contribution in [0.15, 0.2) is 232 Å². The van der Waals surface area contributed by atoms with Crippen LogP contribution in [-0.2, 0) is 60.3 Å². The van der Waals surface area contributed by atoms with Crippen molar-refractivity contribution in [1.29, 1.82) is 0 Å². The molecule has 12 heterocycles. The third kappa shape index (κ3) is 20.5. The fraction of sp³-hybridized carbons (Fsp3) is 0.206. The Morgan fingerprint density at radius 3 is 1.09 bits per heavy atom. The van der Waals surface area contributed by atoms with Crippen LogP contribution in [-0.4, -0.2) is 44.9 Å². The van der Waals surface area contributed by atoms with Gasteiger partial charge in [0.1, 0.15) is 0 Å². The molecule has 18 aromatic rings. The average molecular weight is 2100 g/mol. The predicted molar refractivity (Wildman–Crippen MR) is 465 cm³/mol. The summed E-state index contributed by atoms with van der Waals surface area (Å²) in [6.07, 6.45) is 8.37. The van der Waals surface area contributed by atoms with Crippen LogP contribution in [0.25, 0.3) is 134 Å². The molecule has 0 N–H and O–H groups in total. The summed E-state index contributed by atoms with van der Waals surface area (Å²) < 4.78 is 228. The van der Waals surface area contributed by atoms with E-state index in [4.69, 9.17) is 50.3 Å². The van der Waals surface area contributed by atoms with Gasteiger partial charge in [-0.05, 0) is 210 Å². The normalized spacial score (nSPS) is 16.2. The van der Waals surface area contributed by atoms with E-state index >= 15 is 0 Å². The van der Waals surface area contributed by atoms with Gasteiger partial charge in [0.05, 0.1) is 16.7 Å². The van der Waals surface area contributed by atoms with Gasteiger partial charge in [0, 0.05) is 168 Å². The largest absolute Gasteiger partial charge is 0.486 e. The van der Waals surface area contributed by atoms with E-state index in [1.165, 1.54) is 61.8 Å². The second-order valence-electron chi connectivity index (χ2n) is 27.0. The van der Waals surface area contributed by atoms with E-state index in [0.717, 1.165) is 107 Å². The van der Waals surface area contributed by atoms with Crippen LogP contribution in [0.1, 0.15) is 180 Å². The second-order valence-corrected chi connectivity index (χ2v) is 27.0. The number of pyridine rings is 9. The first-order chi connectivity index (χ1) is 65.7. The number of aryl methyl sites for hydroxylation is 11. The molecule has 3 radical (unpaired) electrons. The third-order valence-electron chi connectivity index (χ3n) is 18.6. The first-order valence-electron chi connectivity index (χ1n) is 49.6. The third-order valence-corrected chi connectivity index (χ3v) is 18.6. The van der Waals surface area contributed by atoms with Crippen molar-refractivity contribution in [3.8, 4) is 67.5 Å². The smallest absolute Gasteiger partial charge is 0.216 e. The quantitative estimate of drug-likeness (QED) is 0.126. The summed E-state index contributed by atoms with van der Waals surface area (Å²) >= 11 is 0. The fourth-order valence-electron chi connectivity index (χ4n) is 12.7. The molecule has 0 saturated heterocycles. The van der Waals surface area contributed by atoms with Crippen molar-refractivity contribution in [2.45, 2.75) is 142 Å². The van der Waals surface area contributed by atoms with Crippen LogP contribution in [0.5, 0.6) is 0 Å². The van der Waals surface area contributed by atoms with Gasteiger partial charge in [-0.2, -0.15) is 0 Å². The molecule has 12 nitrogen and oxygen atoms in total. The molecule has 15 heteroatoms. The minimum absolute atomic E-state index is 0. The van der Waals surface area contributed by atoms with Crippen LogP contribution in [0, 0.1) is 119 Å². The van der Waals surface area contributed by atoms with Crippen molar-refractivity contribution < 1.29 is 111 Å². The van der Waals surface area contributed by atoms with Crippen LogP contribution in [0.4, 0.5) is 0 Å². The minimum atomic E-state index is -3.09. The fourth-order valence-corrected chi connectivity index (χ4v) is 12.7. The van der Waals surface area contributed by atoms with E-state index in [1.807, 2.05) is 174 Å². The van der Waals surface area contributed by atoms with E-state index in [-0.39, 0.29) is 116 Å². The van der Waals surface area contributed by atoms with E-state index in [2.05, 4.69) is 95.1 Å². The van der Waals surface area contributed by atoms with Crippen molar-refractivity contribution in [2.75, 3.05) is 0 Å². The molecular weight excluding hydrogens is 1980 g/mol. The summed E-state index contributed by atoms with van der Waals surface area (Å²) in [4.78, 5) is 39.0. The number of furan rings is 3. The van der Waals surface area contributed by atoms with Crippen molar-refractivity contribution in [2.24, 2.45) is 0 Å². The molecule has 597 valence electrons. The monoisotopic (exact) mass is 2100 g/mol. The van der Waals surface area contributed by atoms with Gasteiger partial charge in [0.25, 0.3) is 0 Å². The second kappa shape index (κ2) is 39.8. The Morgan fingerprint density at radius 1 is 0.325 bits per heavy atom. The van der Waals surface area contributed by atoms with Gasteiger partial charge in [0.15, 0.2) is 0 Å². The van der Waals surface area contributed by atoms with E-state index in [9.17, 15) is 0 Å². The number of hydrogen-bond donors (Lipinski definition) is 0. The van der Waals surface area contributed by atoms with Crippen LogP contribution < -0.4 is 0 Å². The average Bonchev–Trinajstić information content (AvgIpc) is 1.55. The Kier molecular flexibility index (Phi) is 19.7. The van der Waals surface area contributed by atoms with Crippen molar-refractivity contribution in [1.82, 2.24) is 44.9 Å². The molecular formula is C102H93Ir3N9O3-6. The first kappa shape index (κ1) is 58.0. The molecule has 117 heavy (non-hydrogen) atoms. The zero-order valence-corrected chi connectivity index (χ0v) is 72.2. The van der Waals surface area contributed by atoms with E-state index in [1.54, 1.807) is 37.3 Å². The maximum Gasteiger partial charge on any atom is 0.216 e. The summed E-state index contributed by atoms with van der Waals surface area (Å²) in [5, 5.41) is 4.78. The maximum atomic E-state index is 8.54. The predicted octanol–water partition coefficient (Wildman–Crippen LogP) is 26.2. The Hall–Kier alpha value is -11.0. The number of aromatic nitrogens is 9. The minimum Gasteiger partial charge on any atom is -0.486 e. The van der Waals surface area contributed by atoms with Crippen molar-refractivity contribution in [3.63, 3.8) is 0 Å². The van der Waals surface area contributed by atoms with Gasteiger partial charge in [-0.1, -0.05) is 138 Å². The van der Waals surface area contributed by atoms with Gasteiger partial charge in [-0.25, -0.2) is 15.0 Å². The molecule has 0 spiro atoms. The molecule has 0 fully saturated rings. The summed E-state index contributed by atoms with van der Waals surface area (Å²) in [5.74, 6) is -7.10. The molecule has 6 aromatic carbocycles.